The van der Waals surface area contributed by atoms with Gasteiger partial charge in [0.25, 0.3) is 0 Å². The molecule has 2 aromatic rings. The third kappa shape index (κ3) is 2.08. The summed E-state index contributed by atoms with van der Waals surface area (Å²) in [6.45, 7) is 6.29. The van der Waals surface area contributed by atoms with E-state index < -0.39 is 5.54 Å². The second-order valence-corrected chi connectivity index (χ2v) is 5.51. The molecule has 0 radical (unpaired) electrons. The molecule has 106 valence electrons. The Labute approximate surface area is 118 Å². The van der Waals surface area contributed by atoms with Gasteiger partial charge in [-0.15, -0.1) is 0 Å². The lowest BCUT2D eigenvalue weighted by Crippen LogP contribution is -2.62. The van der Waals surface area contributed by atoms with Crippen LogP contribution in [0.4, 0.5) is 0 Å². The number of hydrogen-bond acceptors (Lipinski definition) is 3. The Hall–Kier alpha value is -1.88. The highest BCUT2D eigenvalue weighted by Gasteiger charge is 2.40. The van der Waals surface area contributed by atoms with Crippen LogP contribution in [0.15, 0.2) is 24.3 Å². The zero-order valence-electron chi connectivity index (χ0n) is 11.9. The first-order chi connectivity index (χ1) is 9.63. The fourth-order valence-corrected chi connectivity index (χ4v) is 2.78. The largest absolute Gasteiger partial charge is 0.353 e. The second kappa shape index (κ2) is 4.90. The number of carbonyl (C=O) groups excluding carboxylic acids is 1. The van der Waals surface area contributed by atoms with Gasteiger partial charge in [-0.25, -0.2) is 4.98 Å². The molecular weight excluding hydrogens is 252 g/mol. The molecule has 0 spiro atoms. The predicted molar refractivity (Wildman–Crippen MR) is 78.2 cm³/mol. The van der Waals surface area contributed by atoms with Gasteiger partial charge in [0.2, 0.25) is 5.91 Å². The topological polar surface area (TPSA) is 61.0 Å². The maximum atomic E-state index is 12.1. The predicted octanol–water partition coefficient (Wildman–Crippen LogP) is 1.66. The highest BCUT2D eigenvalue weighted by Crippen LogP contribution is 2.24. The zero-order valence-corrected chi connectivity index (χ0v) is 11.9. The van der Waals surface area contributed by atoms with Crippen LogP contribution in [0, 0.1) is 0 Å². The molecule has 2 N–H and O–H groups in total. The Morgan fingerprint density at radius 1 is 1.40 bits per heavy atom. The third-order valence-electron chi connectivity index (χ3n) is 4.32. The van der Waals surface area contributed by atoms with Crippen molar-refractivity contribution in [3.63, 3.8) is 0 Å². The van der Waals surface area contributed by atoms with Crippen LogP contribution in [0.1, 0.15) is 26.1 Å². The van der Waals surface area contributed by atoms with Crippen molar-refractivity contribution in [2.45, 2.75) is 32.4 Å². The summed E-state index contributed by atoms with van der Waals surface area (Å²) < 4.78 is 0. The first-order valence-electron chi connectivity index (χ1n) is 7.10. The molecule has 0 bridgehead atoms. The first kappa shape index (κ1) is 13.1. The zero-order chi connectivity index (χ0) is 14.2. The Bertz CT molecular complexity index is 603. The van der Waals surface area contributed by atoms with Crippen LogP contribution in [-0.4, -0.2) is 39.4 Å². The first-order valence-corrected chi connectivity index (χ1v) is 7.10. The Morgan fingerprint density at radius 3 is 2.95 bits per heavy atom. The number of H-pyrrole nitrogens is 1. The van der Waals surface area contributed by atoms with Crippen molar-refractivity contribution in [2.75, 3.05) is 13.1 Å². The summed E-state index contributed by atoms with van der Waals surface area (Å²) in [6.07, 6.45) is 0.791. The number of nitrogens with zero attached hydrogens (tertiary/aromatic N) is 2. The van der Waals surface area contributed by atoms with Gasteiger partial charge in [0, 0.05) is 13.1 Å². The monoisotopic (exact) mass is 272 g/mol. The molecule has 0 aliphatic carbocycles. The molecule has 1 atom stereocenters. The van der Waals surface area contributed by atoms with E-state index in [1.54, 1.807) is 0 Å². The molecule has 1 amide bonds. The fraction of sp³-hybridized carbons (Fsp3) is 0.467. The number of nitrogens with one attached hydrogen (secondary N) is 2. The molecule has 3 rings (SSSR count). The van der Waals surface area contributed by atoms with E-state index in [9.17, 15) is 4.79 Å². The molecule has 5 heteroatoms. The number of carbonyl (C=O) groups is 1. The number of benzene rings is 1. The van der Waals surface area contributed by atoms with E-state index in [1.807, 2.05) is 31.2 Å². The van der Waals surface area contributed by atoms with Gasteiger partial charge in [0.05, 0.1) is 23.1 Å². The molecule has 1 saturated heterocycles. The summed E-state index contributed by atoms with van der Waals surface area (Å²) in [5.41, 5.74) is 1.57. The molecular formula is C15H20N4O. The summed E-state index contributed by atoms with van der Waals surface area (Å²) in [4.78, 5) is 22.3. The quantitative estimate of drug-likeness (QED) is 0.893. The van der Waals surface area contributed by atoms with Crippen molar-refractivity contribution >= 4 is 16.9 Å². The number of aromatic amines is 1. The normalized spacial score (nSPS) is 24.0. The van der Waals surface area contributed by atoms with Crippen LogP contribution in [0.5, 0.6) is 0 Å². The number of imidazole rings is 1. The van der Waals surface area contributed by atoms with Crippen LogP contribution in [0.25, 0.3) is 11.0 Å². The van der Waals surface area contributed by atoms with Gasteiger partial charge in [-0.1, -0.05) is 19.1 Å². The summed E-state index contributed by atoms with van der Waals surface area (Å²) >= 11 is 0. The van der Waals surface area contributed by atoms with Gasteiger partial charge < -0.3 is 10.3 Å². The van der Waals surface area contributed by atoms with Gasteiger partial charge in [-0.05, 0) is 25.5 Å². The molecule has 0 saturated carbocycles. The Kier molecular flexibility index (Phi) is 3.22. The maximum Gasteiger partial charge on any atom is 0.240 e. The lowest BCUT2D eigenvalue weighted by molar-refractivity contribution is -0.137. The summed E-state index contributed by atoms with van der Waals surface area (Å²) in [5.74, 6) is 1.03. The molecule has 1 fully saturated rings. The molecule has 1 aliphatic heterocycles. The molecule has 1 aromatic heterocycles. The van der Waals surface area contributed by atoms with Gasteiger partial charge in [0.15, 0.2) is 0 Å². The minimum atomic E-state index is -0.447. The molecule has 1 unspecified atom stereocenters. The summed E-state index contributed by atoms with van der Waals surface area (Å²) in [5, 5.41) is 2.95. The van der Waals surface area contributed by atoms with E-state index in [-0.39, 0.29) is 5.91 Å². The van der Waals surface area contributed by atoms with Crippen LogP contribution in [-0.2, 0) is 11.3 Å². The lowest BCUT2D eigenvalue weighted by atomic mass is 9.93. The van der Waals surface area contributed by atoms with Crippen molar-refractivity contribution in [2.24, 2.45) is 0 Å². The minimum Gasteiger partial charge on any atom is -0.353 e. The van der Waals surface area contributed by atoms with Crippen molar-refractivity contribution < 1.29 is 4.79 Å². The lowest BCUT2D eigenvalue weighted by Gasteiger charge is -2.42. The maximum absolute atomic E-state index is 12.1. The second-order valence-electron chi connectivity index (χ2n) is 5.51. The van der Waals surface area contributed by atoms with Gasteiger partial charge in [-0.3, -0.25) is 9.69 Å². The van der Waals surface area contributed by atoms with Crippen LogP contribution in [0.3, 0.4) is 0 Å². The average Bonchev–Trinajstić information content (AvgIpc) is 2.86. The van der Waals surface area contributed by atoms with Crippen molar-refractivity contribution in [3.8, 4) is 0 Å². The van der Waals surface area contributed by atoms with Gasteiger partial charge in [-0.2, -0.15) is 0 Å². The standard InChI is InChI=1S/C15H20N4O/c1-3-15(2)14(20)16-8-9-19(15)10-13-17-11-6-4-5-7-12(11)18-13/h4-7H,3,8-10H2,1-2H3,(H,16,20)(H,17,18). The number of amides is 1. The molecule has 2 heterocycles. The number of rotatable bonds is 3. The Balaban J connectivity index is 1.87. The molecule has 1 aromatic carbocycles. The Morgan fingerprint density at radius 2 is 2.20 bits per heavy atom. The average molecular weight is 272 g/mol. The highest BCUT2D eigenvalue weighted by molar-refractivity contribution is 5.86. The van der Waals surface area contributed by atoms with E-state index in [1.165, 1.54) is 0 Å². The number of hydrogen-bond donors (Lipinski definition) is 2. The highest BCUT2D eigenvalue weighted by atomic mass is 16.2. The van der Waals surface area contributed by atoms with Gasteiger partial charge >= 0.3 is 0 Å². The van der Waals surface area contributed by atoms with Crippen LogP contribution in [0.2, 0.25) is 0 Å². The fourth-order valence-electron chi connectivity index (χ4n) is 2.78. The van der Waals surface area contributed by atoms with E-state index in [0.717, 1.165) is 29.8 Å². The number of piperazine rings is 1. The smallest absolute Gasteiger partial charge is 0.240 e. The minimum absolute atomic E-state index is 0.113. The van der Waals surface area contributed by atoms with Gasteiger partial charge in [0.1, 0.15) is 5.82 Å². The summed E-state index contributed by atoms with van der Waals surface area (Å²) in [7, 11) is 0. The summed E-state index contributed by atoms with van der Waals surface area (Å²) in [6, 6.07) is 8.00. The van der Waals surface area contributed by atoms with E-state index in [0.29, 0.717) is 13.1 Å². The van der Waals surface area contributed by atoms with Crippen LogP contribution >= 0.6 is 0 Å². The van der Waals surface area contributed by atoms with E-state index in [4.69, 9.17) is 0 Å². The molecule has 5 nitrogen and oxygen atoms in total. The van der Waals surface area contributed by atoms with Crippen molar-refractivity contribution in [1.29, 1.82) is 0 Å². The van der Waals surface area contributed by atoms with Crippen LogP contribution < -0.4 is 5.32 Å². The van der Waals surface area contributed by atoms with Crippen molar-refractivity contribution in [3.05, 3.63) is 30.1 Å². The number of aromatic nitrogens is 2. The third-order valence-corrected chi connectivity index (χ3v) is 4.32. The SMILES string of the molecule is CCC1(C)C(=O)NCCN1Cc1nc2ccccc2[nH]1. The van der Waals surface area contributed by atoms with E-state index >= 15 is 0 Å². The number of fused-ring (bicyclic) bond motifs is 1. The molecule has 20 heavy (non-hydrogen) atoms. The van der Waals surface area contributed by atoms with E-state index in [2.05, 4.69) is 27.1 Å². The van der Waals surface area contributed by atoms with Crippen molar-refractivity contribution in [1.82, 2.24) is 20.2 Å². The number of para-hydroxylation sites is 2. The molecule has 1 aliphatic rings.